The van der Waals surface area contributed by atoms with Crippen LogP contribution in [0.4, 0.5) is 0 Å². The molecule has 326 valence electrons. The Morgan fingerprint density at radius 1 is 0.526 bits per heavy atom. The molecule has 0 saturated carbocycles. The molecular weight excluding hydrogens is 957 g/mol. The highest BCUT2D eigenvalue weighted by molar-refractivity contribution is 8.92. The maximum absolute atomic E-state index is 13.1. The number of carbonyl (C=O) groups excluding carboxylic acids is 1. The fraction of sp³-hybridized carbons (Fsp3) is 0.857. The first-order valence-electron chi connectivity index (χ1n) is 19.9. The van der Waals surface area contributed by atoms with Crippen LogP contribution in [0, 0.1) is 5.41 Å². The summed E-state index contributed by atoms with van der Waals surface area (Å²) in [7, 11) is 9.04. The van der Waals surface area contributed by atoms with Crippen LogP contribution < -0.4 is 0 Å². The molecule has 0 bridgehead atoms. The molecule has 0 aromatic heterocycles. The average Bonchev–Trinajstić information content (AvgIpc) is 3.87. The number of aliphatic hydroxyl groups is 3. The van der Waals surface area contributed by atoms with Crippen molar-refractivity contribution in [3.8, 4) is 0 Å². The lowest BCUT2D eigenvalue weighted by Crippen LogP contribution is -2.57. The molecule has 3 N–H and O–H groups in total. The van der Waals surface area contributed by atoms with Gasteiger partial charge in [-0.1, -0.05) is 100 Å². The smallest absolute Gasteiger partial charge is 0.332 e. The Labute approximate surface area is 393 Å². The zero-order chi connectivity index (χ0) is 40.9. The van der Waals surface area contributed by atoms with E-state index >= 15 is 0 Å². The number of thiocarbonyl (C=S) groups is 4. The monoisotopic (exact) mass is 1010 g/mol. The lowest BCUT2D eigenvalue weighted by atomic mass is 9.91. The van der Waals surface area contributed by atoms with Crippen LogP contribution in [0.15, 0.2) is 0 Å². The van der Waals surface area contributed by atoms with E-state index in [4.69, 9.17) is 57.8 Å². The highest BCUT2D eigenvalue weighted by Crippen LogP contribution is 2.65. The second-order valence-electron chi connectivity index (χ2n) is 14.4. The van der Waals surface area contributed by atoms with Gasteiger partial charge in [0, 0.05) is 63.2 Å². The van der Waals surface area contributed by atoms with Gasteiger partial charge in [0.05, 0.1) is 24.3 Å². The second kappa shape index (κ2) is 28.5. The molecule has 10 nitrogen and oxygen atoms in total. The van der Waals surface area contributed by atoms with Gasteiger partial charge in [0.25, 0.3) is 0 Å². The molecule has 0 radical (unpaired) electrons. The minimum absolute atomic E-state index is 0.629. The van der Waals surface area contributed by atoms with Gasteiger partial charge in [0.15, 0.2) is 5.44 Å². The van der Waals surface area contributed by atoms with Crippen LogP contribution in [-0.4, -0.2) is 140 Å². The zero-order valence-electron chi connectivity index (χ0n) is 32.4. The van der Waals surface area contributed by atoms with Crippen molar-refractivity contribution >= 4 is 159 Å². The van der Waals surface area contributed by atoms with Crippen LogP contribution in [0.2, 0.25) is 0 Å². The zero-order valence-corrected chi connectivity index (χ0v) is 42.2. The van der Waals surface area contributed by atoms with E-state index in [-0.39, 0.29) is 0 Å². The maximum Gasteiger partial charge on any atom is 0.332 e. The highest BCUT2D eigenvalue weighted by atomic mass is 33.1. The van der Waals surface area contributed by atoms with E-state index in [0.29, 0.717) is 17.3 Å². The van der Waals surface area contributed by atoms with Crippen LogP contribution in [0.25, 0.3) is 0 Å². The van der Waals surface area contributed by atoms with Gasteiger partial charge in [-0.15, -0.1) is 0 Å². The largest absolute Gasteiger partial charge is 0.448 e. The summed E-state index contributed by atoms with van der Waals surface area (Å²) in [5.74, 6) is -0.895. The number of esters is 1. The number of hydrogen-bond donors (Lipinski definition) is 3. The summed E-state index contributed by atoms with van der Waals surface area (Å²) in [5, 5.41) is 33.4. The summed E-state index contributed by atoms with van der Waals surface area (Å²) < 4.78 is 14.1. The first-order valence-corrected chi connectivity index (χ1v) is 30.2. The molecule has 1 unspecified atom stereocenters. The Bertz CT molecular complexity index is 1220. The van der Waals surface area contributed by atoms with Crippen molar-refractivity contribution in [2.75, 3.05) is 72.2 Å². The molecule has 1 atom stereocenters. The lowest BCUT2D eigenvalue weighted by molar-refractivity contribution is -0.159. The van der Waals surface area contributed by atoms with Gasteiger partial charge >= 0.3 is 5.97 Å². The number of hydrogen-bond acceptors (Lipinski definition) is 18. The van der Waals surface area contributed by atoms with Crippen LogP contribution in [0.3, 0.4) is 0 Å². The van der Waals surface area contributed by atoms with E-state index in [1.165, 1.54) is 77.6 Å². The number of likely N-dealkylation sites (tertiary alicyclic amines) is 4. The van der Waals surface area contributed by atoms with Crippen molar-refractivity contribution in [1.82, 2.24) is 19.6 Å². The van der Waals surface area contributed by atoms with E-state index in [2.05, 4.69) is 19.6 Å². The van der Waals surface area contributed by atoms with Gasteiger partial charge in [-0.25, -0.2) is 4.79 Å². The fourth-order valence-electron chi connectivity index (χ4n) is 6.79. The van der Waals surface area contributed by atoms with Crippen molar-refractivity contribution < 1.29 is 29.0 Å². The first-order chi connectivity index (χ1) is 27.7. The average molecular weight is 1020 g/mol. The number of rotatable bonds is 15. The molecule has 0 aliphatic carbocycles. The van der Waals surface area contributed by atoms with E-state index in [1.807, 2.05) is 0 Å². The van der Waals surface area contributed by atoms with Gasteiger partial charge in [-0.3, -0.25) is 4.18 Å². The molecule has 57 heavy (non-hydrogen) atoms. The third-order valence-electron chi connectivity index (χ3n) is 10.4. The van der Waals surface area contributed by atoms with Crippen molar-refractivity contribution in [2.24, 2.45) is 5.41 Å². The van der Waals surface area contributed by atoms with Crippen LogP contribution in [0.1, 0.15) is 103 Å². The fourth-order valence-corrected chi connectivity index (χ4v) is 20.4. The molecule has 0 amide bonds. The molecule has 4 rings (SSSR count). The molecule has 4 aliphatic heterocycles. The standard InChI is InChI=1S/C35H58N4O6S12/c40-25-28(43)44-29(50-51-30(46)36-17-9-1-2-10-18-36)34(26-41,27-42)35(55-52-31(47)37-19-11-3-4-12-20-37,56-53-32(48)38-21-13-5-6-14-22-38)45-57-54-33(49)39-23-15-7-8-16-24-39/h29,40-42H,1-27H2. The van der Waals surface area contributed by atoms with Crippen LogP contribution in [-0.2, 0) is 13.7 Å². The number of ether oxygens (including phenoxy) is 1. The lowest BCUT2D eigenvalue weighted by Gasteiger charge is -2.48. The molecule has 0 aromatic carbocycles. The van der Waals surface area contributed by atoms with E-state index in [0.717, 1.165) is 164 Å². The molecular formula is C35H58N4O6S12. The number of aliphatic hydroxyl groups excluding tert-OH is 3. The van der Waals surface area contributed by atoms with Gasteiger partial charge < -0.3 is 39.7 Å². The van der Waals surface area contributed by atoms with Gasteiger partial charge in [-0.2, -0.15) is 0 Å². The summed E-state index contributed by atoms with van der Waals surface area (Å²) >= 11 is 25.1. The summed E-state index contributed by atoms with van der Waals surface area (Å²) in [5.41, 5.74) is -2.93. The van der Waals surface area contributed by atoms with Crippen LogP contribution >= 0.6 is 136 Å². The number of nitrogens with zero attached hydrogens (tertiary/aromatic N) is 4. The third kappa shape index (κ3) is 16.3. The second-order valence-corrected chi connectivity index (χ2v) is 25.9. The first kappa shape index (κ1) is 51.3. The van der Waals surface area contributed by atoms with Crippen molar-refractivity contribution in [2.45, 2.75) is 112 Å². The maximum atomic E-state index is 13.1. The van der Waals surface area contributed by atoms with E-state index in [1.54, 1.807) is 0 Å². The Morgan fingerprint density at radius 2 is 0.860 bits per heavy atom. The molecule has 4 heterocycles. The predicted molar refractivity (Wildman–Crippen MR) is 269 cm³/mol. The Kier molecular flexibility index (Phi) is 25.6. The highest BCUT2D eigenvalue weighted by Gasteiger charge is 2.62. The predicted octanol–water partition coefficient (Wildman–Crippen LogP) is 9.57. The van der Waals surface area contributed by atoms with Crippen molar-refractivity contribution in [3.05, 3.63) is 0 Å². The Balaban J connectivity index is 1.73. The SMILES string of the molecule is O=C(CO)OC(SSC(=S)N1CCCCCC1)C(CO)(CO)C(OSSC(=S)N1CCCCCC1)(SSC(=S)N1CCCCCC1)SSC(=S)N1CCCCCC1. The summed E-state index contributed by atoms with van der Waals surface area (Å²) in [4.78, 5) is 21.9. The Morgan fingerprint density at radius 3 is 1.19 bits per heavy atom. The molecule has 22 heteroatoms. The summed E-state index contributed by atoms with van der Waals surface area (Å²) in [6, 6.07) is 0. The summed E-state index contributed by atoms with van der Waals surface area (Å²) in [6.45, 7) is 4.63. The molecule has 4 fully saturated rings. The Hall–Kier alpha value is 1.67. The quantitative estimate of drug-likeness (QED) is 0.0476. The van der Waals surface area contributed by atoms with Crippen molar-refractivity contribution in [1.29, 1.82) is 0 Å². The van der Waals surface area contributed by atoms with Crippen LogP contribution in [0.5, 0.6) is 0 Å². The van der Waals surface area contributed by atoms with E-state index in [9.17, 15) is 20.1 Å². The van der Waals surface area contributed by atoms with Crippen molar-refractivity contribution in [3.63, 3.8) is 0 Å². The minimum atomic E-state index is -1.69. The van der Waals surface area contributed by atoms with Gasteiger partial charge in [-0.05, 0) is 116 Å². The molecule has 0 aromatic rings. The third-order valence-corrected chi connectivity index (χ3v) is 24.4. The molecule has 4 saturated heterocycles. The minimum Gasteiger partial charge on any atom is -0.448 e. The summed E-state index contributed by atoms with van der Waals surface area (Å²) in [6.07, 6.45) is 17.6. The van der Waals surface area contributed by atoms with Gasteiger partial charge in [0.1, 0.15) is 29.3 Å². The molecule has 0 spiro atoms. The number of carbonyl (C=O) groups is 1. The van der Waals surface area contributed by atoms with Gasteiger partial charge in [0.2, 0.25) is 4.27 Å². The van der Waals surface area contributed by atoms with E-state index < -0.39 is 40.9 Å². The normalized spacial score (nSPS) is 19.8. The topological polar surface area (TPSA) is 109 Å². The molecule has 4 aliphatic rings.